The van der Waals surface area contributed by atoms with E-state index in [-0.39, 0.29) is 11.9 Å². The summed E-state index contributed by atoms with van der Waals surface area (Å²) in [5.41, 5.74) is 8.03. The number of carbonyl (C=O) groups is 1. The van der Waals surface area contributed by atoms with E-state index in [2.05, 4.69) is 5.32 Å². The van der Waals surface area contributed by atoms with Crippen LogP contribution in [0.2, 0.25) is 0 Å². The predicted molar refractivity (Wildman–Crippen MR) is 85.8 cm³/mol. The third kappa shape index (κ3) is 4.17. The molecular formula is C18H22N2O. The molecule has 3 heteroatoms. The molecule has 0 saturated carbocycles. The topological polar surface area (TPSA) is 55.1 Å². The summed E-state index contributed by atoms with van der Waals surface area (Å²) in [5.74, 6) is -0.102. The van der Waals surface area contributed by atoms with Crippen LogP contribution in [0.1, 0.15) is 36.9 Å². The number of carbonyl (C=O) groups excluding carboxylic acids is 1. The van der Waals surface area contributed by atoms with E-state index in [4.69, 9.17) is 5.73 Å². The van der Waals surface area contributed by atoms with Gasteiger partial charge in [-0.15, -0.1) is 0 Å². The minimum atomic E-state index is -0.454. The Morgan fingerprint density at radius 1 is 1.00 bits per heavy atom. The zero-order chi connectivity index (χ0) is 15.1. The molecule has 1 amide bonds. The van der Waals surface area contributed by atoms with Gasteiger partial charge in [-0.25, -0.2) is 0 Å². The van der Waals surface area contributed by atoms with E-state index in [0.29, 0.717) is 6.42 Å². The maximum absolute atomic E-state index is 12.3. The second-order valence-electron chi connectivity index (χ2n) is 5.16. The predicted octanol–water partition coefficient (Wildman–Crippen LogP) is 3.02. The van der Waals surface area contributed by atoms with Gasteiger partial charge in [-0.2, -0.15) is 0 Å². The summed E-state index contributed by atoms with van der Waals surface area (Å²) in [7, 11) is 0. The van der Waals surface area contributed by atoms with E-state index >= 15 is 0 Å². The Kier molecular flexibility index (Phi) is 5.52. The molecule has 0 heterocycles. The lowest BCUT2D eigenvalue weighted by atomic mass is 9.98. The molecule has 2 aromatic rings. The fourth-order valence-corrected chi connectivity index (χ4v) is 2.34. The standard InChI is InChI=1S/C18H22N2O/c1-2-9-16(19)18(21)20-17(14-10-5-3-6-11-14)15-12-7-4-8-13-15/h3-8,10-13,16-17H,2,9,19H2,1H3,(H,20,21). The lowest BCUT2D eigenvalue weighted by Crippen LogP contribution is -2.42. The molecule has 3 N–H and O–H groups in total. The first-order valence-corrected chi connectivity index (χ1v) is 7.38. The van der Waals surface area contributed by atoms with Gasteiger partial charge >= 0.3 is 0 Å². The highest BCUT2D eigenvalue weighted by atomic mass is 16.2. The first-order chi connectivity index (χ1) is 10.2. The van der Waals surface area contributed by atoms with Crippen LogP contribution in [0.25, 0.3) is 0 Å². The number of amides is 1. The van der Waals surface area contributed by atoms with E-state index in [1.165, 1.54) is 0 Å². The molecule has 0 bridgehead atoms. The summed E-state index contributed by atoms with van der Waals surface area (Å²) < 4.78 is 0. The molecule has 21 heavy (non-hydrogen) atoms. The van der Waals surface area contributed by atoms with E-state index in [1.807, 2.05) is 67.6 Å². The highest BCUT2D eigenvalue weighted by Gasteiger charge is 2.20. The molecule has 0 saturated heterocycles. The molecule has 0 aliphatic carbocycles. The van der Waals surface area contributed by atoms with Gasteiger partial charge in [-0.05, 0) is 17.5 Å². The van der Waals surface area contributed by atoms with Crippen molar-refractivity contribution in [3.63, 3.8) is 0 Å². The summed E-state index contributed by atoms with van der Waals surface area (Å²) in [5, 5.41) is 3.07. The summed E-state index contributed by atoms with van der Waals surface area (Å²) in [6.45, 7) is 2.03. The fourth-order valence-electron chi connectivity index (χ4n) is 2.34. The van der Waals surface area contributed by atoms with Crippen molar-refractivity contribution in [3.05, 3.63) is 71.8 Å². The number of nitrogens with two attached hydrogens (primary N) is 1. The van der Waals surface area contributed by atoms with Crippen LogP contribution >= 0.6 is 0 Å². The highest BCUT2D eigenvalue weighted by molar-refractivity contribution is 5.82. The van der Waals surface area contributed by atoms with Crippen LogP contribution in [0.3, 0.4) is 0 Å². The van der Waals surface area contributed by atoms with Gasteiger partial charge in [-0.3, -0.25) is 4.79 Å². The Morgan fingerprint density at radius 2 is 1.48 bits per heavy atom. The number of benzene rings is 2. The molecule has 2 aromatic carbocycles. The molecule has 0 aliphatic rings. The van der Waals surface area contributed by atoms with E-state index < -0.39 is 6.04 Å². The first kappa shape index (κ1) is 15.3. The quantitative estimate of drug-likeness (QED) is 0.855. The van der Waals surface area contributed by atoms with Gasteiger partial charge in [0.25, 0.3) is 0 Å². The van der Waals surface area contributed by atoms with Gasteiger partial charge in [0.05, 0.1) is 12.1 Å². The minimum Gasteiger partial charge on any atom is -0.344 e. The van der Waals surface area contributed by atoms with Crippen LogP contribution in [-0.2, 0) is 4.79 Å². The zero-order valence-corrected chi connectivity index (χ0v) is 12.3. The molecule has 3 nitrogen and oxygen atoms in total. The molecular weight excluding hydrogens is 260 g/mol. The number of rotatable bonds is 6. The van der Waals surface area contributed by atoms with Crippen molar-refractivity contribution in [1.29, 1.82) is 0 Å². The van der Waals surface area contributed by atoms with Crippen molar-refractivity contribution in [3.8, 4) is 0 Å². The van der Waals surface area contributed by atoms with Gasteiger partial charge < -0.3 is 11.1 Å². The summed E-state index contributed by atoms with van der Waals surface area (Å²) in [6.07, 6.45) is 1.60. The molecule has 110 valence electrons. The van der Waals surface area contributed by atoms with Crippen molar-refractivity contribution in [1.82, 2.24) is 5.32 Å². The maximum atomic E-state index is 12.3. The number of hydrogen-bond acceptors (Lipinski definition) is 2. The SMILES string of the molecule is CCCC(N)C(=O)NC(c1ccccc1)c1ccccc1. The minimum absolute atomic E-state index is 0.102. The Hall–Kier alpha value is -2.13. The maximum Gasteiger partial charge on any atom is 0.237 e. The second kappa shape index (κ2) is 7.60. The van der Waals surface area contributed by atoms with Crippen molar-refractivity contribution >= 4 is 5.91 Å². The van der Waals surface area contributed by atoms with Crippen molar-refractivity contribution in [2.24, 2.45) is 5.73 Å². The van der Waals surface area contributed by atoms with Crippen molar-refractivity contribution < 1.29 is 4.79 Å². The molecule has 0 radical (unpaired) electrons. The Labute approximate surface area is 126 Å². The van der Waals surface area contributed by atoms with Crippen molar-refractivity contribution in [2.75, 3.05) is 0 Å². The monoisotopic (exact) mass is 282 g/mol. The van der Waals surface area contributed by atoms with Crippen molar-refractivity contribution in [2.45, 2.75) is 31.8 Å². The molecule has 2 rings (SSSR count). The molecule has 0 fully saturated rings. The third-order valence-electron chi connectivity index (χ3n) is 3.49. The zero-order valence-electron chi connectivity index (χ0n) is 12.3. The first-order valence-electron chi connectivity index (χ1n) is 7.38. The summed E-state index contributed by atoms with van der Waals surface area (Å²) >= 11 is 0. The lowest BCUT2D eigenvalue weighted by Gasteiger charge is -2.22. The van der Waals surface area contributed by atoms with Gasteiger partial charge in [0.1, 0.15) is 0 Å². The number of hydrogen-bond donors (Lipinski definition) is 2. The summed E-state index contributed by atoms with van der Waals surface area (Å²) in [6, 6.07) is 19.3. The molecule has 1 atom stereocenters. The average Bonchev–Trinajstić information content (AvgIpc) is 2.54. The van der Waals surface area contributed by atoms with Crippen LogP contribution in [0.4, 0.5) is 0 Å². The van der Waals surface area contributed by atoms with Crippen LogP contribution in [0.5, 0.6) is 0 Å². The summed E-state index contributed by atoms with van der Waals surface area (Å²) in [4.78, 5) is 12.3. The Morgan fingerprint density at radius 3 is 1.90 bits per heavy atom. The van der Waals surface area contributed by atoms with Gasteiger partial charge in [0, 0.05) is 0 Å². The third-order valence-corrected chi connectivity index (χ3v) is 3.49. The Balaban J connectivity index is 2.23. The normalized spacial score (nSPS) is 12.1. The highest BCUT2D eigenvalue weighted by Crippen LogP contribution is 2.21. The molecule has 0 aliphatic heterocycles. The Bertz CT molecular complexity index is 514. The molecule has 1 unspecified atom stereocenters. The van der Waals surface area contributed by atoms with Gasteiger partial charge in [0.2, 0.25) is 5.91 Å². The largest absolute Gasteiger partial charge is 0.344 e. The van der Waals surface area contributed by atoms with Crippen LogP contribution in [-0.4, -0.2) is 11.9 Å². The van der Waals surface area contributed by atoms with Crippen LogP contribution in [0, 0.1) is 0 Å². The van der Waals surface area contributed by atoms with Gasteiger partial charge in [0.15, 0.2) is 0 Å². The number of nitrogens with one attached hydrogen (secondary N) is 1. The molecule has 0 aromatic heterocycles. The van der Waals surface area contributed by atoms with Crippen LogP contribution < -0.4 is 11.1 Å². The van der Waals surface area contributed by atoms with E-state index in [9.17, 15) is 4.79 Å². The second-order valence-corrected chi connectivity index (χ2v) is 5.16. The lowest BCUT2D eigenvalue weighted by molar-refractivity contribution is -0.123. The van der Waals surface area contributed by atoms with Gasteiger partial charge in [-0.1, -0.05) is 74.0 Å². The van der Waals surface area contributed by atoms with E-state index in [0.717, 1.165) is 17.5 Å². The molecule has 0 spiro atoms. The van der Waals surface area contributed by atoms with E-state index in [1.54, 1.807) is 0 Å². The smallest absolute Gasteiger partial charge is 0.237 e. The average molecular weight is 282 g/mol. The fraction of sp³-hybridized carbons (Fsp3) is 0.278. The van der Waals surface area contributed by atoms with Crippen LogP contribution in [0.15, 0.2) is 60.7 Å².